The van der Waals surface area contributed by atoms with Gasteiger partial charge < -0.3 is 15.0 Å². The van der Waals surface area contributed by atoms with Gasteiger partial charge in [-0.2, -0.15) is 0 Å². The van der Waals surface area contributed by atoms with Crippen molar-refractivity contribution in [2.24, 2.45) is 0 Å². The Hall–Kier alpha value is -2.04. The Morgan fingerprint density at radius 1 is 1.13 bits per heavy atom. The first-order valence-corrected chi connectivity index (χ1v) is 8.29. The molecule has 0 aliphatic carbocycles. The monoisotopic (exact) mass is 318 g/mol. The van der Waals surface area contributed by atoms with E-state index in [-0.39, 0.29) is 17.9 Å². The molecule has 5 nitrogen and oxygen atoms in total. The summed E-state index contributed by atoms with van der Waals surface area (Å²) in [5, 5.41) is 2.89. The minimum atomic E-state index is -0.297. The van der Waals surface area contributed by atoms with Gasteiger partial charge in [0.2, 0.25) is 11.8 Å². The Kier molecular flexibility index (Phi) is 6.44. The van der Waals surface area contributed by atoms with Crippen molar-refractivity contribution < 1.29 is 14.3 Å². The summed E-state index contributed by atoms with van der Waals surface area (Å²) in [6.45, 7) is 3.13. The minimum Gasteiger partial charge on any atom is -0.497 e. The third-order valence-corrected chi connectivity index (χ3v) is 4.23. The zero-order valence-corrected chi connectivity index (χ0v) is 14.0. The average Bonchev–Trinajstić information content (AvgIpc) is 2.83. The van der Waals surface area contributed by atoms with Crippen LogP contribution in [0.2, 0.25) is 0 Å². The minimum absolute atomic E-state index is 0.112. The number of methoxy groups -OCH3 is 1. The van der Waals surface area contributed by atoms with Crippen LogP contribution in [-0.4, -0.2) is 36.9 Å². The van der Waals surface area contributed by atoms with Crippen LogP contribution in [0.15, 0.2) is 24.3 Å². The lowest BCUT2D eigenvalue weighted by molar-refractivity contribution is -0.132. The molecule has 1 aromatic carbocycles. The van der Waals surface area contributed by atoms with Gasteiger partial charge in [-0.1, -0.05) is 25.0 Å². The van der Waals surface area contributed by atoms with Gasteiger partial charge in [-0.15, -0.1) is 0 Å². The maximum Gasteiger partial charge on any atom is 0.224 e. The molecule has 1 aliphatic heterocycles. The molecule has 1 fully saturated rings. The molecule has 1 aromatic rings. The van der Waals surface area contributed by atoms with E-state index in [2.05, 4.69) is 5.32 Å². The Labute approximate surface area is 138 Å². The number of rotatable bonds is 5. The van der Waals surface area contributed by atoms with Crippen LogP contribution in [-0.2, 0) is 9.59 Å². The Bertz CT molecular complexity index is 520. The topological polar surface area (TPSA) is 58.6 Å². The maximum absolute atomic E-state index is 12.6. The number of carbonyl (C=O) groups excluding carboxylic acids is 2. The maximum atomic E-state index is 12.6. The lowest BCUT2D eigenvalue weighted by atomic mass is 10.0. The Morgan fingerprint density at radius 2 is 1.74 bits per heavy atom. The van der Waals surface area contributed by atoms with E-state index in [1.165, 1.54) is 19.8 Å². The summed E-state index contributed by atoms with van der Waals surface area (Å²) >= 11 is 0. The molecule has 2 amide bonds. The van der Waals surface area contributed by atoms with Crippen LogP contribution in [0.25, 0.3) is 0 Å². The molecule has 0 bridgehead atoms. The Morgan fingerprint density at radius 3 is 2.26 bits per heavy atom. The molecule has 0 spiro atoms. The van der Waals surface area contributed by atoms with E-state index in [0.29, 0.717) is 6.42 Å². The summed E-state index contributed by atoms with van der Waals surface area (Å²) in [5.74, 6) is 0.741. The summed E-state index contributed by atoms with van der Waals surface area (Å²) in [5.41, 5.74) is 0.921. The number of likely N-dealkylation sites (tertiary alicyclic amines) is 1. The van der Waals surface area contributed by atoms with Crippen molar-refractivity contribution in [2.45, 2.75) is 45.1 Å². The van der Waals surface area contributed by atoms with E-state index < -0.39 is 0 Å². The van der Waals surface area contributed by atoms with Gasteiger partial charge in [0.05, 0.1) is 19.6 Å². The standard InChI is InChI=1S/C18H26N2O3/c1-14(21)19-17(15-7-9-16(23-2)10-8-15)13-18(22)20-11-5-3-4-6-12-20/h7-10,17H,3-6,11-13H2,1-2H3,(H,19,21). The number of hydrogen-bond acceptors (Lipinski definition) is 3. The number of hydrogen-bond donors (Lipinski definition) is 1. The van der Waals surface area contributed by atoms with Gasteiger partial charge in [-0.05, 0) is 30.5 Å². The second-order valence-corrected chi connectivity index (χ2v) is 6.03. The number of nitrogens with zero attached hydrogens (tertiary/aromatic N) is 1. The number of nitrogens with one attached hydrogen (secondary N) is 1. The first kappa shape index (κ1) is 17.3. The average molecular weight is 318 g/mol. The molecule has 0 radical (unpaired) electrons. The summed E-state index contributed by atoms with van der Waals surface area (Å²) in [4.78, 5) is 26.0. The van der Waals surface area contributed by atoms with E-state index in [4.69, 9.17) is 4.74 Å². The Balaban J connectivity index is 2.07. The third kappa shape index (κ3) is 5.27. The highest BCUT2D eigenvalue weighted by molar-refractivity contribution is 5.79. The van der Waals surface area contributed by atoms with Gasteiger partial charge in [-0.3, -0.25) is 9.59 Å². The summed E-state index contributed by atoms with van der Waals surface area (Å²) in [7, 11) is 1.61. The van der Waals surface area contributed by atoms with E-state index in [1.54, 1.807) is 7.11 Å². The molecule has 126 valence electrons. The van der Waals surface area contributed by atoms with Crippen molar-refractivity contribution in [3.63, 3.8) is 0 Å². The molecular formula is C18H26N2O3. The van der Waals surface area contributed by atoms with Crippen molar-refractivity contribution in [3.8, 4) is 5.75 Å². The van der Waals surface area contributed by atoms with Crippen molar-refractivity contribution in [3.05, 3.63) is 29.8 Å². The van der Waals surface area contributed by atoms with E-state index in [1.807, 2.05) is 29.2 Å². The van der Waals surface area contributed by atoms with Crippen LogP contribution >= 0.6 is 0 Å². The molecule has 1 atom stereocenters. The summed E-state index contributed by atoms with van der Waals surface area (Å²) in [6.07, 6.45) is 4.82. The van der Waals surface area contributed by atoms with Crippen LogP contribution in [0.5, 0.6) is 5.75 Å². The van der Waals surface area contributed by atoms with Crippen molar-refractivity contribution in [2.75, 3.05) is 20.2 Å². The van der Waals surface area contributed by atoms with E-state index in [0.717, 1.165) is 37.2 Å². The quantitative estimate of drug-likeness (QED) is 0.908. The molecular weight excluding hydrogens is 292 g/mol. The molecule has 2 rings (SSSR count). The number of ether oxygens (including phenoxy) is 1. The SMILES string of the molecule is COc1ccc(C(CC(=O)N2CCCCCC2)NC(C)=O)cc1. The molecule has 1 N–H and O–H groups in total. The lowest BCUT2D eigenvalue weighted by Crippen LogP contribution is -2.36. The predicted molar refractivity (Wildman–Crippen MR) is 89.2 cm³/mol. The van der Waals surface area contributed by atoms with E-state index in [9.17, 15) is 9.59 Å². The normalized spacial score (nSPS) is 16.3. The molecule has 1 saturated heterocycles. The summed E-state index contributed by atoms with van der Waals surface area (Å²) < 4.78 is 5.16. The van der Waals surface area contributed by atoms with Crippen molar-refractivity contribution in [1.82, 2.24) is 10.2 Å². The van der Waals surface area contributed by atoms with Crippen LogP contribution in [0.4, 0.5) is 0 Å². The van der Waals surface area contributed by atoms with Crippen molar-refractivity contribution in [1.29, 1.82) is 0 Å². The molecule has 23 heavy (non-hydrogen) atoms. The van der Waals surface area contributed by atoms with Crippen LogP contribution in [0.3, 0.4) is 0 Å². The lowest BCUT2D eigenvalue weighted by Gasteiger charge is -2.24. The van der Waals surface area contributed by atoms with Crippen LogP contribution < -0.4 is 10.1 Å². The van der Waals surface area contributed by atoms with Gasteiger partial charge >= 0.3 is 0 Å². The third-order valence-electron chi connectivity index (χ3n) is 4.23. The molecule has 1 aliphatic rings. The smallest absolute Gasteiger partial charge is 0.224 e. The zero-order valence-electron chi connectivity index (χ0n) is 14.0. The predicted octanol–water partition coefficient (Wildman–Crippen LogP) is 2.67. The number of amides is 2. The molecule has 5 heteroatoms. The van der Waals surface area contributed by atoms with Crippen LogP contribution in [0, 0.1) is 0 Å². The van der Waals surface area contributed by atoms with E-state index >= 15 is 0 Å². The number of carbonyl (C=O) groups is 2. The van der Waals surface area contributed by atoms with Gasteiger partial charge in [0.15, 0.2) is 0 Å². The molecule has 1 unspecified atom stereocenters. The molecule has 0 aromatic heterocycles. The van der Waals surface area contributed by atoms with Crippen molar-refractivity contribution >= 4 is 11.8 Å². The highest BCUT2D eigenvalue weighted by Gasteiger charge is 2.22. The zero-order chi connectivity index (χ0) is 16.7. The number of benzene rings is 1. The van der Waals surface area contributed by atoms with Gasteiger partial charge in [0.25, 0.3) is 0 Å². The molecule has 0 saturated carbocycles. The second kappa shape index (κ2) is 8.56. The fourth-order valence-electron chi connectivity index (χ4n) is 2.96. The fourth-order valence-corrected chi connectivity index (χ4v) is 2.96. The van der Waals surface area contributed by atoms with Gasteiger partial charge in [0, 0.05) is 20.0 Å². The fraction of sp³-hybridized carbons (Fsp3) is 0.556. The summed E-state index contributed by atoms with van der Waals surface area (Å²) in [6, 6.07) is 7.19. The first-order valence-electron chi connectivity index (χ1n) is 8.29. The first-order chi connectivity index (χ1) is 11.1. The largest absolute Gasteiger partial charge is 0.497 e. The molecule has 1 heterocycles. The highest BCUT2D eigenvalue weighted by atomic mass is 16.5. The van der Waals surface area contributed by atoms with Gasteiger partial charge in [0.1, 0.15) is 5.75 Å². The van der Waals surface area contributed by atoms with Crippen LogP contribution in [0.1, 0.15) is 50.6 Å². The second-order valence-electron chi connectivity index (χ2n) is 6.03. The highest BCUT2D eigenvalue weighted by Crippen LogP contribution is 2.22. The van der Waals surface area contributed by atoms with Gasteiger partial charge in [-0.25, -0.2) is 0 Å².